The topological polar surface area (TPSA) is 74.3 Å². The number of hydrogen-bond donors (Lipinski definition) is 2. The number of aromatic nitrogens is 1. The van der Waals surface area contributed by atoms with Gasteiger partial charge in [-0.15, -0.1) is 0 Å². The van der Waals surface area contributed by atoms with Gasteiger partial charge in [0.05, 0.1) is 0 Å². The lowest BCUT2D eigenvalue weighted by atomic mass is 10.1. The van der Waals surface area contributed by atoms with E-state index in [9.17, 15) is 14.0 Å². The van der Waals surface area contributed by atoms with E-state index in [4.69, 9.17) is 0 Å². The van der Waals surface area contributed by atoms with Crippen molar-refractivity contribution in [3.8, 4) is 0 Å². The molecule has 0 unspecified atom stereocenters. The number of carbonyl (C=O) groups excluding carboxylic acids is 2. The fraction of sp³-hybridized carbons (Fsp3) is 0.167. The molecular weight excluding hydrogens is 323 g/mol. The van der Waals surface area contributed by atoms with E-state index >= 15 is 0 Å². The van der Waals surface area contributed by atoms with Crippen molar-refractivity contribution < 1.29 is 14.0 Å². The number of nitrogens with zero attached hydrogens (tertiary/aromatic N) is 2. The highest BCUT2D eigenvalue weighted by atomic mass is 19.1. The minimum absolute atomic E-state index is 0.203. The fourth-order valence-corrected chi connectivity index (χ4v) is 2.39. The second kappa shape index (κ2) is 7.12. The van der Waals surface area contributed by atoms with Gasteiger partial charge in [-0.2, -0.15) is 0 Å². The van der Waals surface area contributed by atoms with Crippen LogP contribution in [0.15, 0.2) is 54.4 Å². The first-order valence-corrected chi connectivity index (χ1v) is 7.74. The van der Waals surface area contributed by atoms with E-state index in [2.05, 4.69) is 15.6 Å². The van der Waals surface area contributed by atoms with Crippen molar-refractivity contribution in [2.24, 2.45) is 0 Å². The van der Waals surface area contributed by atoms with Crippen LogP contribution in [0, 0.1) is 5.82 Å². The Balaban J connectivity index is 1.63. The van der Waals surface area contributed by atoms with E-state index in [-0.39, 0.29) is 17.5 Å². The summed E-state index contributed by atoms with van der Waals surface area (Å²) in [5.74, 6) is -0.323. The van der Waals surface area contributed by atoms with E-state index in [1.807, 2.05) is 12.1 Å². The van der Waals surface area contributed by atoms with Crippen LogP contribution in [0.25, 0.3) is 0 Å². The summed E-state index contributed by atoms with van der Waals surface area (Å²) < 4.78 is 13.2. The maximum absolute atomic E-state index is 13.2. The Morgan fingerprint density at radius 2 is 2.16 bits per heavy atom. The average Bonchev–Trinajstić information content (AvgIpc) is 2.59. The van der Waals surface area contributed by atoms with Crippen molar-refractivity contribution in [3.63, 3.8) is 0 Å². The van der Waals surface area contributed by atoms with Gasteiger partial charge in [0.25, 0.3) is 5.91 Å². The normalized spacial score (nSPS) is 13.9. The summed E-state index contributed by atoms with van der Waals surface area (Å²) in [7, 11) is 1.64. The van der Waals surface area contributed by atoms with Crippen LogP contribution in [0.5, 0.6) is 0 Å². The van der Waals surface area contributed by atoms with E-state index < -0.39 is 5.91 Å². The van der Waals surface area contributed by atoms with Gasteiger partial charge < -0.3 is 15.5 Å². The number of halogens is 1. The van der Waals surface area contributed by atoms with Gasteiger partial charge in [-0.3, -0.25) is 4.79 Å². The number of pyridine rings is 1. The van der Waals surface area contributed by atoms with Crippen LogP contribution in [-0.4, -0.2) is 35.4 Å². The van der Waals surface area contributed by atoms with Crippen molar-refractivity contribution in [2.75, 3.05) is 18.9 Å². The number of amides is 3. The molecule has 6 nitrogen and oxygen atoms in total. The molecule has 2 heterocycles. The van der Waals surface area contributed by atoms with Gasteiger partial charge in [-0.1, -0.05) is 18.2 Å². The predicted molar refractivity (Wildman–Crippen MR) is 91.3 cm³/mol. The van der Waals surface area contributed by atoms with Gasteiger partial charge >= 0.3 is 6.03 Å². The molecule has 0 spiro atoms. The Bertz CT molecular complexity index is 833. The first-order valence-electron chi connectivity index (χ1n) is 7.74. The van der Waals surface area contributed by atoms with Crippen LogP contribution in [0.4, 0.5) is 15.0 Å². The van der Waals surface area contributed by atoms with Crippen molar-refractivity contribution in [1.82, 2.24) is 15.2 Å². The Hall–Kier alpha value is -3.22. The summed E-state index contributed by atoms with van der Waals surface area (Å²) in [6.07, 6.45) is 3.81. The molecule has 0 saturated carbocycles. The highest BCUT2D eigenvalue weighted by Gasteiger charge is 2.20. The fourth-order valence-electron chi connectivity index (χ4n) is 2.39. The molecule has 2 aromatic rings. The molecule has 0 aliphatic carbocycles. The van der Waals surface area contributed by atoms with E-state index in [1.165, 1.54) is 17.0 Å². The number of hydrogen-bond acceptors (Lipinski definition) is 3. The summed E-state index contributed by atoms with van der Waals surface area (Å²) >= 11 is 0. The molecule has 1 aromatic heterocycles. The van der Waals surface area contributed by atoms with Crippen molar-refractivity contribution in [3.05, 3.63) is 71.3 Å². The standard InChI is InChI=1S/C18H17FN4O2/c1-23-8-7-15(21-18(23)25)17(24)22-16-6-5-13(11-20-16)9-12-3-2-4-14(19)10-12/h2-7,10-11H,8-9H2,1H3,(H,21,25)(H,20,22,24). The zero-order valence-electron chi connectivity index (χ0n) is 13.6. The van der Waals surface area contributed by atoms with Crippen molar-refractivity contribution in [2.45, 2.75) is 6.42 Å². The number of benzene rings is 1. The minimum atomic E-state index is -0.424. The number of nitrogens with one attached hydrogen (secondary N) is 2. The predicted octanol–water partition coefficient (Wildman–Crippen LogP) is 2.29. The van der Waals surface area contributed by atoms with Gasteiger partial charge in [-0.05, 0) is 41.8 Å². The van der Waals surface area contributed by atoms with Crippen LogP contribution in [0.3, 0.4) is 0 Å². The quantitative estimate of drug-likeness (QED) is 0.897. The average molecular weight is 340 g/mol. The van der Waals surface area contributed by atoms with Gasteiger partial charge in [-0.25, -0.2) is 14.2 Å². The van der Waals surface area contributed by atoms with Gasteiger partial charge in [0.1, 0.15) is 17.3 Å². The van der Waals surface area contributed by atoms with Crippen molar-refractivity contribution >= 4 is 17.8 Å². The van der Waals surface area contributed by atoms with Gasteiger partial charge in [0, 0.05) is 19.8 Å². The first kappa shape index (κ1) is 16.6. The van der Waals surface area contributed by atoms with Crippen LogP contribution >= 0.6 is 0 Å². The monoisotopic (exact) mass is 340 g/mol. The molecule has 1 aliphatic rings. The third-order valence-corrected chi connectivity index (χ3v) is 3.77. The summed E-state index contributed by atoms with van der Waals surface area (Å²) in [5, 5.41) is 5.14. The highest BCUT2D eigenvalue weighted by Crippen LogP contribution is 2.13. The third-order valence-electron chi connectivity index (χ3n) is 3.77. The molecule has 2 N–H and O–H groups in total. The molecule has 0 radical (unpaired) electrons. The Morgan fingerprint density at radius 1 is 1.32 bits per heavy atom. The summed E-state index contributed by atoms with van der Waals surface area (Å²) in [6.45, 7) is 0.370. The molecule has 0 bridgehead atoms. The van der Waals surface area contributed by atoms with Crippen molar-refractivity contribution in [1.29, 1.82) is 0 Å². The molecule has 1 aliphatic heterocycles. The number of carbonyl (C=O) groups is 2. The molecule has 3 amide bonds. The minimum Gasteiger partial charge on any atom is -0.324 e. The number of rotatable bonds is 4. The zero-order chi connectivity index (χ0) is 17.8. The second-order valence-electron chi connectivity index (χ2n) is 5.74. The molecule has 0 fully saturated rings. The zero-order valence-corrected chi connectivity index (χ0v) is 13.6. The Kier molecular flexibility index (Phi) is 4.74. The number of urea groups is 1. The molecule has 128 valence electrons. The molecule has 0 atom stereocenters. The maximum atomic E-state index is 13.2. The number of anilines is 1. The lowest BCUT2D eigenvalue weighted by molar-refractivity contribution is -0.113. The summed E-state index contributed by atoms with van der Waals surface area (Å²) in [6, 6.07) is 9.54. The third kappa shape index (κ3) is 4.20. The lowest BCUT2D eigenvalue weighted by Crippen LogP contribution is -2.44. The largest absolute Gasteiger partial charge is 0.324 e. The molecule has 7 heteroatoms. The van der Waals surface area contributed by atoms with Crippen LogP contribution in [-0.2, 0) is 11.2 Å². The highest BCUT2D eigenvalue weighted by molar-refractivity contribution is 6.05. The number of likely N-dealkylation sites (N-methyl/N-ethyl adjacent to an activating group) is 1. The lowest BCUT2D eigenvalue weighted by Gasteiger charge is -2.22. The molecule has 0 saturated heterocycles. The smallest absolute Gasteiger partial charge is 0.322 e. The maximum Gasteiger partial charge on any atom is 0.322 e. The van der Waals surface area contributed by atoms with Crippen LogP contribution in [0.1, 0.15) is 11.1 Å². The van der Waals surface area contributed by atoms with Gasteiger partial charge in [0.2, 0.25) is 0 Å². The van der Waals surface area contributed by atoms with Crippen LogP contribution in [0.2, 0.25) is 0 Å². The molecule has 25 heavy (non-hydrogen) atoms. The summed E-state index contributed by atoms with van der Waals surface area (Å²) in [5.41, 5.74) is 1.95. The van der Waals surface area contributed by atoms with E-state index in [0.29, 0.717) is 18.8 Å². The molecular formula is C18H17FN4O2. The second-order valence-corrected chi connectivity index (χ2v) is 5.74. The molecule has 3 rings (SSSR count). The van der Waals surface area contributed by atoms with Gasteiger partial charge in [0.15, 0.2) is 0 Å². The first-order chi connectivity index (χ1) is 12.0. The Morgan fingerprint density at radius 3 is 2.84 bits per heavy atom. The molecule has 1 aromatic carbocycles. The Labute approximate surface area is 144 Å². The SMILES string of the molecule is CN1CC=C(C(=O)Nc2ccc(Cc3cccc(F)c3)cn2)NC1=O. The van der Waals surface area contributed by atoms with Crippen LogP contribution < -0.4 is 10.6 Å². The van der Waals surface area contributed by atoms with E-state index in [0.717, 1.165) is 11.1 Å². The summed E-state index contributed by atoms with van der Waals surface area (Å²) in [4.78, 5) is 29.3. The van der Waals surface area contributed by atoms with E-state index in [1.54, 1.807) is 31.5 Å².